The predicted molar refractivity (Wildman–Crippen MR) is 44.9 cm³/mol. The van der Waals surface area contributed by atoms with Gasteiger partial charge in [-0.1, -0.05) is 0 Å². The number of carbonyl (C=O) groups is 1. The van der Waals surface area contributed by atoms with Crippen molar-refractivity contribution in [1.82, 2.24) is 5.32 Å². The van der Waals surface area contributed by atoms with Crippen molar-refractivity contribution >= 4 is 5.97 Å². The highest BCUT2D eigenvalue weighted by Crippen LogP contribution is 2.40. The van der Waals surface area contributed by atoms with Crippen LogP contribution in [-0.2, 0) is 4.79 Å². The lowest BCUT2D eigenvalue weighted by molar-refractivity contribution is -0.144. The first kappa shape index (κ1) is 8.05. The third-order valence-corrected chi connectivity index (χ3v) is 3.29. The van der Waals surface area contributed by atoms with E-state index in [0.29, 0.717) is 0 Å². The summed E-state index contributed by atoms with van der Waals surface area (Å²) >= 11 is 0. The van der Waals surface area contributed by atoms with E-state index in [-0.39, 0.29) is 11.5 Å². The van der Waals surface area contributed by atoms with E-state index < -0.39 is 5.97 Å². The number of aliphatic carboxylic acids is 1. The molecule has 12 heavy (non-hydrogen) atoms. The van der Waals surface area contributed by atoms with E-state index in [9.17, 15) is 4.79 Å². The molecule has 2 aliphatic rings. The van der Waals surface area contributed by atoms with E-state index in [1.807, 2.05) is 0 Å². The predicted octanol–water partition coefficient (Wildman–Crippen LogP) is 0.993. The second-order valence-electron chi connectivity index (χ2n) is 4.09. The Balaban J connectivity index is 1.98. The molecule has 2 rings (SSSR count). The summed E-state index contributed by atoms with van der Waals surface area (Å²) in [5.74, 6) is -0.700. The van der Waals surface area contributed by atoms with Crippen molar-refractivity contribution in [2.75, 3.05) is 6.54 Å². The van der Waals surface area contributed by atoms with Gasteiger partial charge in [0.1, 0.15) is 0 Å². The quantitative estimate of drug-likeness (QED) is 0.615. The van der Waals surface area contributed by atoms with Crippen LogP contribution in [0.15, 0.2) is 0 Å². The molecule has 1 heterocycles. The highest BCUT2D eigenvalue weighted by Gasteiger charge is 2.42. The van der Waals surface area contributed by atoms with Gasteiger partial charge in [-0.05, 0) is 38.6 Å². The Bertz CT molecular complexity index is 199. The molecule has 2 N–H and O–H groups in total. The van der Waals surface area contributed by atoms with Crippen LogP contribution in [0, 0.1) is 5.92 Å². The summed E-state index contributed by atoms with van der Waals surface area (Å²) < 4.78 is 0. The van der Waals surface area contributed by atoms with E-state index in [4.69, 9.17) is 5.11 Å². The number of carboxylic acid groups (broad SMARTS) is 1. The van der Waals surface area contributed by atoms with Crippen molar-refractivity contribution in [2.45, 2.75) is 37.6 Å². The van der Waals surface area contributed by atoms with Crippen molar-refractivity contribution < 1.29 is 9.90 Å². The number of rotatable bonds is 1. The maximum atomic E-state index is 10.8. The number of hydrogen-bond donors (Lipinski definition) is 2. The van der Waals surface area contributed by atoms with Crippen LogP contribution in [0.5, 0.6) is 0 Å². The molecule has 0 aromatic carbocycles. The summed E-state index contributed by atoms with van der Waals surface area (Å²) in [6.45, 7) is 0.886. The van der Waals surface area contributed by atoms with Gasteiger partial charge in [0.15, 0.2) is 0 Å². The summed E-state index contributed by atoms with van der Waals surface area (Å²) in [6.07, 6.45) is 5.27. The summed E-state index contributed by atoms with van der Waals surface area (Å²) in [4.78, 5) is 10.8. The Labute approximate surface area is 72.2 Å². The second kappa shape index (κ2) is 2.73. The van der Waals surface area contributed by atoms with Crippen LogP contribution in [0.3, 0.4) is 0 Å². The van der Waals surface area contributed by atoms with Gasteiger partial charge in [0.05, 0.1) is 5.92 Å². The number of hydrogen-bond acceptors (Lipinski definition) is 2. The Kier molecular flexibility index (Phi) is 1.83. The maximum Gasteiger partial charge on any atom is 0.306 e. The molecule has 1 aliphatic carbocycles. The minimum Gasteiger partial charge on any atom is -0.481 e. The zero-order valence-electron chi connectivity index (χ0n) is 7.18. The van der Waals surface area contributed by atoms with E-state index in [0.717, 1.165) is 19.4 Å². The van der Waals surface area contributed by atoms with Crippen LogP contribution in [0.25, 0.3) is 0 Å². The van der Waals surface area contributed by atoms with Gasteiger partial charge in [-0.15, -0.1) is 0 Å². The number of nitrogens with one attached hydrogen (secondary N) is 1. The molecular formula is C9H15NO2. The standard InChI is InChI=1S/C9H15NO2/c11-8(12)7-2-5-10-9(6-7)3-1-4-9/h7,10H,1-6H2,(H,11,12). The Morgan fingerprint density at radius 1 is 1.50 bits per heavy atom. The molecule has 1 unspecified atom stereocenters. The zero-order valence-corrected chi connectivity index (χ0v) is 7.18. The Morgan fingerprint density at radius 2 is 2.25 bits per heavy atom. The van der Waals surface area contributed by atoms with Gasteiger partial charge in [0, 0.05) is 5.54 Å². The lowest BCUT2D eigenvalue weighted by atomic mass is 9.68. The summed E-state index contributed by atoms with van der Waals surface area (Å²) in [5, 5.41) is 12.3. The van der Waals surface area contributed by atoms with Crippen molar-refractivity contribution in [1.29, 1.82) is 0 Å². The van der Waals surface area contributed by atoms with Crippen LogP contribution in [0.1, 0.15) is 32.1 Å². The van der Waals surface area contributed by atoms with Gasteiger partial charge in [-0.25, -0.2) is 0 Å². The molecule has 3 nitrogen and oxygen atoms in total. The largest absolute Gasteiger partial charge is 0.481 e. The van der Waals surface area contributed by atoms with Gasteiger partial charge in [-0.2, -0.15) is 0 Å². The monoisotopic (exact) mass is 169 g/mol. The summed E-state index contributed by atoms with van der Waals surface area (Å²) in [5.41, 5.74) is 0.224. The molecule has 1 saturated carbocycles. The van der Waals surface area contributed by atoms with Crippen LogP contribution in [-0.4, -0.2) is 23.2 Å². The summed E-state index contributed by atoms with van der Waals surface area (Å²) in [6, 6.07) is 0. The molecule has 0 radical (unpaired) electrons. The first-order valence-corrected chi connectivity index (χ1v) is 4.70. The van der Waals surface area contributed by atoms with Crippen molar-refractivity contribution in [2.24, 2.45) is 5.92 Å². The van der Waals surface area contributed by atoms with Gasteiger partial charge in [0.25, 0.3) is 0 Å². The molecular weight excluding hydrogens is 154 g/mol. The topological polar surface area (TPSA) is 49.3 Å². The molecule has 3 heteroatoms. The van der Waals surface area contributed by atoms with Crippen LogP contribution in [0.2, 0.25) is 0 Å². The maximum absolute atomic E-state index is 10.8. The highest BCUT2D eigenvalue weighted by atomic mass is 16.4. The number of piperidine rings is 1. The Hall–Kier alpha value is -0.570. The van der Waals surface area contributed by atoms with Crippen LogP contribution in [0.4, 0.5) is 0 Å². The normalized spacial score (nSPS) is 32.8. The van der Waals surface area contributed by atoms with Gasteiger partial charge in [0.2, 0.25) is 0 Å². The Morgan fingerprint density at radius 3 is 2.75 bits per heavy atom. The third-order valence-electron chi connectivity index (χ3n) is 3.29. The second-order valence-corrected chi connectivity index (χ2v) is 4.09. The molecule has 0 aromatic rings. The lowest BCUT2D eigenvalue weighted by Crippen LogP contribution is -2.56. The first-order chi connectivity index (χ1) is 5.72. The minimum absolute atomic E-state index is 0.0912. The van der Waals surface area contributed by atoms with Crippen molar-refractivity contribution in [3.05, 3.63) is 0 Å². The van der Waals surface area contributed by atoms with E-state index >= 15 is 0 Å². The number of carboxylic acids is 1. The molecule has 0 bridgehead atoms. The van der Waals surface area contributed by atoms with Crippen LogP contribution >= 0.6 is 0 Å². The fourth-order valence-corrected chi connectivity index (χ4v) is 2.35. The van der Waals surface area contributed by atoms with E-state index in [1.165, 1.54) is 19.3 Å². The summed E-state index contributed by atoms with van der Waals surface area (Å²) in [7, 11) is 0. The van der Waals surface area contributed by atoms with E-state index in [2.05, 4.69) is 5.32 Å². The molecule has 68 valence electrons. The van der Waals surface area contributed by atoms with Crippen molar-refractivity contribution in [3.8, 4) is 0 Å². The van der Waals surface area contributed by atoms with E-state index in [1.54, 1.807) is 0 Å². The lowest BCUT2D eigenvalue weighted by Gasteiger charge is -2.47. The fraction of sp³-hybridized carbons (Fsp3) is 0.889. The minimum atomic E-state index is -0.609. The van der Waals surface area contributed by atoms with Crippen LogP contribution < -0.4 is 5.32 Å². The zero-order chi connectivity index (χ0) is 8.60. The van der Waals surface area contributed by atoms with Gasteiger partial charge < -0.3 is 10.4 Å². The molecule has 0 aromatic heterocycles. The molecule has 0 amide bonds. The molecule has 1 atom stereocenters. The molecule has 1 saturated heterocycles. The SMILES string of the molecule is O=C(O)C1CCNC2(CCC2)C1. The third kappa shape index (κ3) is 1.22. The molecule has 1 aliphatic heterocycles. The smallest absolute Gasteiger partial charge is 0.306 e. The average Bonchev–Trinajstić information content (AvgIpc) is 2.02. The highest BCUT2D eigenvalue weighted by molar-refractivity contribution is 5.70. The van der Waals surface area contributed by atoms with Crippen molar-refractivity contribution in [3.63, 3.8) is 0 Å². The van der Waals surface area contributed by atoms with Gasteiger partial charge in [-0.3, -0.25) is 4.79 Å². The van der Waals surface area contributed by atoms with Gasteiger partial charge >= 0.3 is 5.97 Å². The average molecular weight is 169 g/mol. The fourth-order valence-electron chi connectivity index (χ4n) is 2.35. The molecule has 1 spiro atoms. The first-order valence-electron chi connectivity index (χ1n) is 4.70. The molecule has 2 fully saturated rings.